The second-order valence-corrected chi connectivity index (χ2v) is 7.72. The van der Waals surface area contributed by atoms with Gasteiger partial charge in [0.05, 0.1) is 18.7 Å². The molecule has 34 heavy (non-hydrogen) atoms. The molecule has 0 spiro atoms. The molecule has 1 aromatic heterocycles. The van der Waals surface area contributed by atoms with Gasteiger partial charge in [0.25, 0.3) is 5.91 Å². The molecule has 11 heteroatoms. The SMILES string of the molecule is CCCCOC(=O)N1CCN(C(=O)CNC(=O)c2cc(OCC(=O)O)c3ccccc3n2)CC1. The molecule has 1 aliphatic rings. The zero-order valence-electron chi connectivity index (χ0n) is 19.0. The lowest BCUT2D eigenvalue weighted by Crippen LogP contribution is -2.52. The van der Waals surface area contributed by atoms with Crippen LogP contribution >= 0.6 is 0 Å². The number of pyridine rings is 1. The van der Waals surface area contributed by atoms with Gasteiger partial charge in [0, 0.05) is 37.6 Å². The lowest BCUT2D eigenvalue weighted by Gasteiger charge is -2.34. The molecule has 11 nitrogen and oxygen atoms in total. The minimum atomic E-state index is -1.15. The number of nitrogens with one attached hydrogen (secondary N) is 1. The van der Waals surface area contributed by atoms with Gasteiger partial charge in [-0.05, 0) is 18.6 Å². The van der Waals surface area contributed by atoms with Crippen molar-refractivity contribution in [3.8, 4) is 5.75 Å². The van der Waals surface area contributed by atoms with Crippen LogP contribution in [0.15, 0.2) is 30.3 Å². The average Bonchev–Trinajstić information content (AvgIpc) is 2.85. The molecule has 0 saturated carbocycles. The summed E-state index contributed by atoms with van der Waals surface area (Å²) in [6.07, 6.45) is 1.37. The fourth-order valence-electron chi connectivity index (χ4n) is 3.41. The Morgan fingerprint density at radius 1 is 1.09 bits per heavy atom. The van der Waals surface area contributed by atoms with Crippen molar-refractivity contribution >= 4 is 34.8 Å². The van der Waals surface area contributed by atoms with Gasteiger partial charge in [0.15, 0.2) is 6.61 Å². The Hall–Kier alpha value is -3.89. The molecule has 1 aromatic carbocycles. The number of para-hydroxylation sites is 1. The van der Waals surface area contributed by atoms with Gasteiger partial charge in [0.2, 0.25) is 5.91 Å². The monoisotopic (exact) mass is 472 g/mol. The number of hydrogen-bond acceptors (Lipinski definition) is 7. The van der Waals surface area contributed by atoms with Gasteiger partial charge in [-0.15, -0.1) is 0 Å². The molecular formula is C23H28N4O7. The molecule has 1 aliphatic heterocycles. The number of carboxylic acid groups (broad SMARTS) is 1. The molecule has 0 bridgehead atoms. The maximum Gasteiger partial charge on any atom is 0.409 e. The number of fused-ring (bicyclic) bond motifs is 1. The summed E-state index contributed by atoms with van der Waals surface area (Å²) in [4.78, 5) is 55.5. The van der Waals surface area contributed by atoms with Gasteiger partial charge in [-0.1, -0.05) is 25.5 Å². The highest BCUT2D eigenvalue weighted by molar-refractivity contribution is 5.98. The molecule has 0 atom stereocenters. The first kappa shape index (κ1) is 24.7. The fraction of sp³-hybridized carbons (Fsp3) is 0.435. The molecule has 182 valence electrons. The van der Waals surface area contributed by atoms with E-state index in [0.29, 0.717) is 43.7 Å². The van der Waals surface area contributed by atoms with Crippen LogP contribution in [0.4, 0.5) is 4.79 Å². The summed E-state index contributed by atoms with van der Waals surface area (Å²) in [5, 5.41) is 12.0. The Kier molecular flexibility index (Phi) is 8.60. The average molecular weight is 472 g/mol. The number of amides is 3. The van der Waals surface area contributed by atoms with Crippen LogP contribution in [0, 0.1) is 0 Å². The van der Waals surface area contributed by atoms with E-state index < -0.39 is 18.5 Å². The fourth-order valence-corrected chi connectivity index (χ4v) is 3.41. The summed E-state index contributed by atoms with van der Waals surface area (Å²) in [6.45, 7) is 3.01. The maximum absolute atomic E-state index is 12.6. The molecule has 0 unspecified atom stereocenters. The first-order valence-electron chi connectivity index (χ1n) is 11.1. The predicted molar refractivity (Wildman–Crippen MR) is 122 cm³/mol. The van der Waals surface area contributed by atoms with E-state index in [1.165, 1.54) is 6.07 Å². The number of aliphatic carboxylic acids is 1. The summed E-state index contributed by atoms with van der Waals surface area (Å²) in [5.41, 5.74) is 0.468. The lowest BCUT2D eigenvalue weighted by atomic mass is 10.1. The predicted octanol–water partition coefficient (Wildman–Crippen LogP) is 1.51. The highest BCUT2D eigenvalue weighted by Crippen LogP contribution is 2.25. The second kappa shape index (κ2) is 11.8. The summed E-state index contributed by atoms with van der Waals surface area (Å²) in [7, 11) is 0. The number of carbonyl (C=O) groups excluding carboxylic acids is 3. The van der Waals surface area contributed by atoms with Gasteiger partial charge in [-0.2, -0.15) is 0 Å². The molecule has 1 saturated heterocycles. The van der Waals surface area contributed by atoms with Crippen LogP contribution in [-0.4, -0.2) is 89.7 Å². The highest BCUT2D eigenvalue weighted by atomic mass is 16.6. The Morgan fingerprint density at radius 2 is 1.79 bits per heavy atom. The van der Waals surface area contributed by atoms with Gasteiger partial charge >= 0.3 is 12.1 Å². The highest BCUT2D eigenvalue weighted by Gasteiger charge is 2.25. The van der Waals surface area contributed by atoms with E-state index in [9.17, 15) is 19.2 Å². The van der Waals surface area contributed by atoms with Gasteiger partial charge < -0.3 is 29.7 Å². The number of ether oxygens (including phenoxy) is 2. The molecule has 2 heterocycles. The van der Waals surface area contributed by atoms with Gasteiger partial charge in [-0.3, -0.25) is 9.59 Å². The van der Waals surface area contributed by atoms with Crippen molar-refractivity contribution in [1.29, 1.82) is 0 Å². The maximum atomic E-state index is 12.6. The van der Waals surface area contributed by atoms with Crippen LogP contribution in [0.1, 0.15) is 30.3 Å². The van der Waals surface area contributed by atoms with Gasteiger partial charge in [-0.25, -0.2) is 14.6 Å². The van der Waals surface area contributed by atoms with Crippen LogP contribution < -0.4 is 10.1 Å². The lowest BCUT2D eigenvalue weighted by molar-refractivity contribution is -0.139. The van der Waals surface area contributed by atoms with Crippen molar-refractivity contribution in [3.05, 3.63) is 36.0 Å². The van der Waals surface area contributed by atoms with E-state index in [-0.39, 0.29) is 30.0 Å². The third-order valence-electron chi connectivity index (χ3n) is 5.28. The number of hydrogen-bond donors (Lipinski definition) is 2. The first-order valence-corrected chi connectivity index (χ1v) is 11.1. The van der Waals surface area contributed by atoms with Gasteiger partial charge in [0.1, 0.15) is 11.4 Å². The van der Waals surface area contributed by atoms with Crippen LogP contribution in [0.25, 0.3) is 10.9 Å². The van der Waals surface area contributed by atoms with E-state index >= 15 is 0 Å². The van der Waals surface area contributed by atoms with E-state index in [4.69, 9.17) is 14.6 Å². The van der Waals surface area contributed by atoms with E-state index in [1.54, 1.807) is 34.1 Å². The van der Waals surface area contributed by atoms with E-state index in [0.717, 1.165) is 12.8 Å². The number of rotatable bonds is 9. The number of carbonyl (C=O) groups is 4. The zero-order chi connectivity index (χ0) is 24.5. The zero-order valence-corrected chi connectivity index (χ0v) is 19.0. The molecular weight excluding hydrogens is 444 g/mol. The standard InChI is InChI=1S/C23H28N4O7/c1-2-3-12-33-23(32)27-10-8-26(9-11-27)20(28)14-24-22(31)18-13-19(34-15-21(29)30)16-6-4-5-7-17(16)25-18/h4-7,13H,2-3,8-12,14-15H2,1H3,(H,24,31)(H,29,30). The van der Waals surface area contributed by atoms with Crippen molar-refractivity contribution in [2.45, 2.75) is 19.8 Å². The van der Waals surface area contributed by atoms with Crippen LogP contribution in [0.3, 0.4) is 0 Å². The molecule has 0 radical (unpaired) electrons. The van der Waals surface area contributed by atoms with Crippen LogP contribution in [-0.2, 0) is 14.3 Å². The quantitative estimate of drug-likeness (QED) is 0.524. The third kappa shape index (κ3) is 6.56. The third-order valence-corrected chi connectivity index (χ3v) is 5.28. The Bertz CT molecular complexity index is 1050. The Morgan fingerprint density at radius 3 is 2.50 bits per heavy atom. The smallest absolute Gasteiger partial charge is 0.409 e. The molecule has 3 rings (SSSR count). The van der Waals surface area contributed by atoms with Crippen molar-refractivity contribution in [3.63, 3.8) is 0 Å². The largest absolute Gasteiger partial charge is 0.481 e. The van der Waals surface area contributed by atoms with E-state index in [1.807, 2.05) is 6.92 Å². The Balaban J connectivity index is 1.55. The molecule has 3 amide bonds. The minimum Gasteiger partial charge on any atom is -0.481 e. The summed E-state index contributed by atoms with van der Waals surface area (Å²) in [5.74, 6) is -1.80. The Labute approximate surface area is 196 Å². The molecule has 0 aliphatic carbocycles. The number of benzene rings is 1. The van der Waals surface area contributed by atoms with Crippen molar-refractivity contribution in [1.82, 2.24) is 20.1 Å². The topological polar surface area (TPSA) is 138 Å². The van der Waals surface area contributed by atoms with Crippen molar-refractivity contribution in [2.75, 3.05) is 45.9 Å². The van der Waals surface area contributed by atoms with Crippen molar-refractivity contribution < 1.29 is 33.8 Å². The summed E-state index contributed by atoms with van der Waals surface area (Å²) < 4.78 is 10.5. The number of aromatic nitrogens is 1. The van der Waals surface area contributed by atoms with E-state index in [2.05, 4.69) is 10.3 Å². The summed E-state index contributed by atoms with van der Waals surface area (Å²) in [6, 6.07) is 8.23. The molecule has 1 fully saturated rings. The number of unbranched alkanes of at least 4 members (excludes halogenated alkanes) is 1. The van der Waals surface area contributed by atoms with Crippen LogP contribution in [0.2, 0.25) is 0 Å². The number of carboxylic acids is 1. The molecule has 2 N–H and O–H groups in total. The second-order valence-electron chi connectivity index (χ2n) is 7.72. The number of piperazine rings is 1. The minimum absolute atomic E-state index is 0.00605. The van der Waals surface area contributed by atoms with Crippen LogP contribution in [0.5, 0.6) is 5.75 Å². The molecule has 2 aromatic rings. The summed E-state index contributed by atoms with van der Waals surface area (Å²) >= 11 is 0. The normalized spacial score (nSPS) is 13.4. The van der Waals surface area contributed by atoms with Crippen molar-refractivity contribution in [2.24, 2.45) is 0 Å². The first-order chi connectivity index (χ1) is 16.4. The number of nitrogens with zero attached hydrogens (tertiary/aromatic N) is 3.